The van der Waals surface area contributed by atoms with E-state index in [1.165, 1.54) is 6.08 Å². The maximum absolute atomic E-state index is 13.4. The van der Waals surface area contributed by atoms with Gasteiger partial charge in [-0.15, -0.1) is 0 Å². The molecule has 0 saturated carbocycles. The van der Waals surface area contributed by atoms with Crippen LogP contribution in [0, 0.1) is 5.92 Å². The van der Waals surface area contributed by atoms with Gasteiger partial charge in [0.05, 0.1) is 18.2 Å². The van der Waals surface area contributed by atoms with Gasteiger partial charge in [-0.2, -0.15) is 0 Å². The molecule has 3 rings (SSSR count). The van der Waals surface area contributed by atoms with Crippen LogP contribution in [0.1, 0.15) is 31.4 Å². The molecule has 202 valence electrons. The Morgan fingerprint density at radius 1 is 0.947 bits per heavy atom. The third-order valence-corrected chi connectivity index (χ3v) is 5.90. The van der Waals surface area contributed by atoms with Crippen LogP contribution in [0.15, 0.2) is 72.4 Å². The molecule has 5 N–H and O–H groups in total. The first-order chi connectivity index (χ1) is 18.1. The third-order valence-electron chi connectivity index (χ3n) is 5.90. The molecule has 1 heterocycles. The Morgan fingerprint density at radius 3 is 2.11 bits per heavy atom. The molecule has 0 aliphatic carbocycles. The summed E-state index contributed by atoms with van der Waals surface area (Å²) < 4.78 is 5.33. The van der Waals surface area contributed by atoms with Gasteiger partial charge in [0.2, 0.25) is 0 Å². The number of alkyl carbamates (subject to hydrolysis) is 1. The van der Waals surface area contributed by atoms with Gasteiger partial charge in [-0.3, -0.25) is 19.9 Å². The van der Waals surface area contributed by atoms with Crippen molar-refractivity contribution in [1.29, 1.82) is 0 Å². The summed E-state index contributed by atoms with van der Waals surface area (Å²) in [6, 6.07) is 15.8. The topological polar surface area (TPSA) is 163 Å². The maximum atomic E-state index is 13.4. The lowest BCUT2D eigenvalue weighted by Gasteiger charge is -2.26. The van der Waals surface area contributed by atoms with Crippen LogP contribution in [-0.2, 0) is 37.0 Å². The molecule has 0 radical (unpaired) electrons. The molecule has 3 atom stereocenters. The summed E-state index contributed by atoms with van der Waals surface area (Å²) in [6.07, 6.45) is 0.0130. The van der Waals surface area contributed by atoms with Crippen molar-refractivity contribution in [2.75, 3.05) is 0 Å². The molecule has 1 aliphatic rings. The number of hydrogen-bond donors (Lipinski definition) is 5. The minimum absolute atomic E-state index is 0.0128. The van der Waals surface area contributed by atoms with Crippen molar-refractivity contribution in [3.63, 3.8) is 0 Å². The lowest BCUT2D eigenvalue weighted by molar-refractivity contribution is -0.152. The van der Waals surface area contributed by atoms with Gasteiger partial charge in [0.15, 0.2) is 5.60 Å². The second-order valence-corrected chi connectivity index (χ2v) is 9.25. The van der Waals surface area contributed by atoms with Gasteiger partial charge in [-0.05, 0) is 23.1 Å². The molecule has 0 spiro atoms. The smallest absolute Gasteiger partial charge is 0.408 e. The van der Waals surface area contributed by atoms with Crippen molar-refractivity contribution in [3.05, 3.63) is 83.6 Å². The Labute approximate surface area is 219 Å². The van der Waals surface area contributed by atoms with Gasteiger partial charge < -0.3 is 25.6 Å². The van der Waals surface area contributed by atoms with E-state index in [-0.39, 0.29) is 18.9 Å². The highest BCUT2D eigenvalue weighted by Crippen LogP contribution is 2.29. The van der Waals surface area contributed by atoms with Gasteiger partial charge in [0.1, 0.15) is 12.6 Å². The normalized spacial score (nSPS) is 18.0. The molecule has 2 aromatic carbocycles. The van der Waals surface area contributed by atoms with E-state index in [2.05, 4.69) is 16.1 Å². The van der Waals surface area contributed by atoms with E-state index in [0.29, 0.717) is 11.3 Å². The Kier molecular flexibility index (Phi) is 9.44. The molecule has 2 aromatic rings. The Hall–Kier alpha value is -4.38. The number of nitrogens with one attached hydrogen (secondary N) is 3. The second-order valence-electron chi connectivity index (χ2n) is 9.25. The predicted molar refractivity (Wildman–Crippen MR) is 135 cm³/mol. The van der Waals surface area contributed by atoms with E-state index in [0.717, 1.165) is 5.56 Å². The molecule has 38 heavy (non-hydrogen) atoms. The lowest BCUT2D eigenvalue weighted by Crippen LogP contribution is -2.54. The molecule has 1 unspecified atom stereocenters. The van der Waals surface area contributed by atoms with Crippen LogP contribution in [0.5, 0.6) is 0 Å². The molecule has 0 aromatic heterocycles. The zero-order chi connectivity index (χ0) is 27.7. The van der Waals surface area contributed by atoms with Gasteiger partial charge in [-0.25, -0.2) is 9.59 Å². The highest BCUT2D eigenvalue weighted by molar-refractivity contribution is 5.93. The zero-order valence-corrected chi connectivity index (χ0v) is 21.0. The standard InChI is InChI=1S/C27H31N3O8/c1-17(2)23(29-26(36)37-16-19-11-7-4-8-12-19)21-15-27(38-30-21,14-18-9-5-3-6-10-18)25(35)28-20(24(33)34)13-22(31)32/h3-12,15,17,20,23,30H,13-14,16H2,1-2H3,(H,28,35)(H,29,36)(H,31,32)(H,33,34)/t20-,23-,27?/m0/s1. The quantitative estimate of drug-likeness (QED) is 0.280. The Bertz CT molecular complexity index is 1170. The molecule has 0 fully saturated rings. The van der Waals surface area contributed by atoms with E-state index in [1.54, 1.807) is 30.3 Å². The van der Waals surface area contributed by atoms with Crippen molar-refractivity contribution in [3.8, 4) is 0 Å². The minimum Gasteiger partial charge on any atom is -0.481 e. The first-order valence-corrected chi connectivity index (χ1v) is 12.0. The van der Waals surface area contributed by atoms with Gasteiger partial charge in [0.25, 0.3) is 5.91 Å². The largest absolute Gasteiger partial charge is 0.481 e. The molecule has 2 amide bonds. The molecular formula is C27H31N3O8. The number of amides is 2. The number of carboxylic acids is 2. The monoisotopic (exact) mass is 525 g/mol. The predicted octanol–water partition coefficient (Wildman–Crippen LogP) is 2.38. The fraction of sp³-hybridized carbons (Fsp3) is 0.333. The first kappa shape index (κ1) is 28.2. The summed E-state index contributed by atoms with van der Waals surface area (Å²) in [5.74, 6) is -3.87. The van der Waals surface area contributed by atoms with Crippen molar-refractivity contribution < 1.29 is 39.0 Å². The fourth-order valence-electron chi connectivity index (χ4n) is 3.94. The van der Waals surface area contributed by atoms with E-state index in [4.69, 9.17) is 14.7 Å². The molecule has 11 heteroatoms. The third kappa shape index (κ3) is 7.56. The summed E-state index contributed by atoms with van der Waals surface area (Å²) in [6.45, 7) is 3.78. The first-order valence-electron chi connectivity index (χ1n) is 12.0. The van der Waals surface area contributed by atoms with E-state index in [1.807, 2.05) is 44.2 Å². The summed E-state index contributed by atoms with van der Waals surface area (Å²) in [5, 5.41) is 23.5. The van der Waals surface area contributed by atoms with E-state index < -0.39 is 48.0 Å². The van der Waals surface area contributed by atoms with Crippen LogP contribution in [0.4, 0.5) is 4.79 Å². The molecule has 0 saturated heterocycles. The average molecular weight is 526 g/mol. The van der Waals surface area contributed by atoms with Gasteiger partial charge >= 0.3 is 18.0 Å². The number of hydrogen-bond acceptors (Lipinski definition) is 7. The highest BCUT2D eigenvalue weighted by atomic mass is 16.7. The molecular weight excluding hydrogens is 494 g/mol. The molecule has 0 bridgehead atoms. The SMILES string of the molecule is CC(C)[C@H](NC(=O)OCc1ccccc1)C1=CC(Cc2ccccc2)(C(=O)N[C@@H](CC(=O)O)C(=O)O)ON1. The second kappa shape index (κ2) is 12.7. The molecule has 1 aliphatic heterocycles. The summed E-state index contributed by atoms with van der Waals surface area (Å²) >= 11 is 0. The van der Waals surface area contributed by atoms with Crippen molar-refractivity contribution in [2.24, 2.45) is 5.92 Å². The number of benzene rings is 2. The number of rotatable bonds is 12. The number of ether oxygens (including phenoxy) is 1. The van der Waals surface area contributed by atoms with Crippen molar-refractivity contribution >= 4 is 23.9 Å². The van der Waals surface area contributed by atoms with Crippen molar-refractivity contribution in [1.82, 2.24) is 16.1 Å². The zero-order valence-electron chi connectivity index (χ0n) is 21.0. The van der Waals surface area contributed by atoms with E-state index >= 15 is 0 Å². The minimum atomic E-state index is -1.72. The lowest BCUT2D eigenvalue weighted by atomic mass is 9.90. The van der Waals surface area contributed by atoms with E-state index in [9.17, 15) is 24.3 Å². The highest BCUT2D eigenvalue weighted by Gasteiger charge is 2.46. The van der Waals surface area contributed by atoms with Gasteiger partial charge in [-0.1, -0.05) is 74.5 Å². The number of hydroxylamine groups is 1. The number of carbonyl (C=O) groups is 4. The van der Waals surface area contributed by atoms with Crippen LogP contribution in [-0.4, -0.2) is 51.8 Å². The number of carbonyl (C=O) groups excluding carboxylic acids is 2. The van der Waals surface area contributed by atoms with Crippen LogP contribution in [0.2, 0.25) is 0 Å². The summed E-state index contributed by atoms with van der Waals surface area (Å²) in [7, 11) is 0. The fourth-order valence-corrected chi connectivity index (χ4v) is 3.94. The van der Waals surface area contributed by atoms with Gasteiger partial charge in [0, 0.05) is 6.42 Å². The van der Waals surface area contributed by atoms with Crippen molar-refractivity contribution in [2.45, 2.75) is 51.0 Å². The van der Waals surface area contributed by atoms with Crippen LogP contribution in [0.25, 0.3) is 0 Å². The summed E-state index contributed by atoms with van der Waals surface area (Å²) in [4.78, 5) is 54.4. The van der Waals surface area contributed by atoms with Crippen LogP contribution >= 0.6 is 0 Å². The van der Waals surface area contributed by atoms with Crippen LogP contribution in [0.3, 0.4) is 0 Å². The summed E-state index contributed by atoms with van der Waals surface area (Å²) in [5.41, 5.74) is 2.90. The van der Waals surface area contributed by atoms with Crippen LogP contribution < -0.4 is 16.1 Å². The Morgan fingerprint density at radius 2 is 1.55 bits per heavy atom. The number of carboxylic acid groups (broad SMARTS) is 2. The average Bonchev–Trinajstić information content (AvgIpc) is 3.31. The number of aliphatic carboxylic acids is 2. The molecule has 11 nitrogen and oxygen atoms in total. The Balaban J connectivity index is 1.84. The maximum Gasteiger partial charge on any atom is 0.408 e.